The number of anilines is 2. The number of nitrogens with one attached hydrogen (secondary N) is 1. The molecule has 1 N–H and O–H groups in total. The van der Waals surface area contributed by atoms with Gasteiger partial charge in [0.25, 0.3) is 11.8 Å². The molecule has 7 rings (SSSR count). The number of rotatable bonds is 6. The fourth-order valence-electron chi connectivity index (χ4n) is 5.83. The van der Waals surface area contributed by atoms with Crippen LogP contribution in [-0.2, 0) is 9.84 Å². The van der Waals surface area contributed by atoms with Gasteiger partial charge in [-0.25, -0.2) is 26.9 Å². The molecule has 8 nitrogen and oxygen atoms in total. The van der Waals surface area contributed by atoms with E-state index in [1.165, 1.54) is 17.5 Å². The van der Waals surface area contributed by atoms with Crippen LogP contribution in [-0.4, -0.2) is 53.4 Å². The van der Waals surface area contributed by atoms with Crippen molar-refractivity contribution in [1.82, 2.24) is 14.8 Å². The first-order valence-electron chi connectivity index (χ1n) is 13.3. The molecule has 1 saturated heterocycles. The van der Waals surface area contributed by atoms with Crippen molar-refractivity contribution in [1.29, 1.82) is 0 Å². The van der Waals surface area contributed by atoms with Crippen molar-refractivity contribution in [2.75, 3.05) is 23.3 Å². The molecular weight excluding hydrogens is 512 g/mol. The van der Waals surface area contributed by atoms with Crippen molar-refractivity contribution in [3.63, 3.8) is 0 Å². The van der Waals surface area contributed by atoms with Crippen LogP contribution < -0.4 is 10.2 Å². The smallest absolute Gasteiger partial charge is 0.274 e. The van der Waals surface area contributed by atoms with Gasteiger partial charge >= 0.3 is 0 Å². The summed E-state index contributed by atoms with van der Waals surface area (Å²) < 4.78 is 54.3. The molecule has 0 bridgehead atoms. The first kappa shape index (κ1) is 24.0. The molecule has 4 fully saturated rings. The number of benzene rings is 1. The Morgan fingerprint density at radius 1 is 1.03 bits per heavy atom. The van der Waals surface area contributed by atoms with Gasteiger partial charge in [-0.1, -0.05) is 0 Å². The lowest BCUT2D eigenvalue weighted by molar-refractivity contribution is -0.106. The summed E-state index contributed by atoms with van der Waals surface area (Å²) >= 11 is 0. The Balaban J connectivity index is 1.18. The van der Waals surface area contributed by atoms with E-state index in [9.17, 15) is 22.0 Å². The number of alkyl halides is 2. The maximum Gasteiger partial charge on any atom is 0.274 e. The van der Waals surface area contributed by atoms with Gasteiger partial charge in [-0.2, -0.15) is 5.10 Å². The fourth-order valence-corrected chi connectivity index (χ4v) is 7.51. The molecule has 3 heterocycles. The van der Waals surface area contributed by atoms with E-state index < -0.39 is 27.7 Å². The van der Waals surface area contributed by atoms with Crippen LogP contribution in [0.25, 0.3) is 11.0 Å². The Labute approximate surface area is 219 Å². The number of hydrogen-bond donors (Lipinski definition) is 1. The number of halogens is 2. The molecule has 0 unspecified atom stereocenters. The summed E-state index contributed by atoms with van der Waals surface area (Å²) in [6.07, 6.45) is 6.98. The van der Waals surface area contributed by atoms with Crippen molar-refractivity contribution >= 4 is 38.2 Å². The number of nitrogens with zero attached hydrogens (tertiary/aromatic N) is 4. The number of pyridine rings is 1. The second-order valence-electron chi connectivity index (χ2n) is 11.5. The standard InChI is InChI=1S/C27H29F2N5O3S/c28-27(29)14-18(15-27)34-24-17(16-30-34)1-5-22(31-24)25(35)32-21-6-4-20(38(36,37)19-2-3-19)13-23(21)33-11-9-26(7-8-26)10-12-33/h1,4-6,13,16,18-19H,2-3,7-12,14-15H2,(H,32,35). The summed E-state index contributed by atoms with van der Waals surface area (Å²) in [6, 6.07) is 7.79. The summed E-state index contributed by atoms with van der Waals surface area (Å²) in [5.74, 6) is -3.14. The van der Waals surface area contributed by atoms with Gasteiger partial charge in [0, 0.05) is 31.3 Å². The zero-order chi connectivity index (χ0) is 26.3. The lowest BCUT2D eigenvalue weighted by atomic mass is 9.88. The number of piperidine rings is 1. The molecule has 200 valence electrons. The van der Waals surface area contributed by atoms with Gasteiger partial charge in [-0.15, -0.1) is 0 Å². The van der Waals surface area contributed by atoms with Crippen molar-refractivity contribution < 1.29 is 22.0 Å². The number of fused-ring (bicyclic) bond motifs is 1. The molecule has 3 aromatic rings. The monoisotopic (exact) mass is 541 g/mol. The highest BCUT2D eigenvalue weighted by molar-refractivity contribution is 7.92. The molecule has 1 aliphatic heterocycles. The van der Waals surface area contributed by atoms with E-state index in [1.807, 2.05) is 0 Å². The van der Waals surface area contributed by atoms with Gasteiger partial charge in [0.2, 0.25) is 0 Å². The van der Waals surface area contributed by atoms with E-state index >= 15 is 0 Å². The molecule has 11 heteroatoms. The van der Waals surface area contributed by atoms with Gasteiger partial charge in [0.15, 0.2) is 15.5 Å². The van der Waals surface area contributed by atoms with Crippen LogP contribution in [0.2, 0.25) is 0 Å². The minimum absolute atomic E-state index is 0.140. The second-order valence-corrected chi connectivity index (χ2v) is 13.7. The van der Waals surface area contributed by atoms with E-state index in [-0.39, 0.29) is 23.8 Å². The average Bonchev–Trinajstić information content (AvgIpc) is 3.82. The Hall–Kier alpha value is -3.08. The maximum absolute atomic E-state index is 13.4. The summed E-state index contributed by atoms with van der Waals surface area (Å²) in [7, 11) is -3.39. The van der Waals surface area contributed by atoms with Crippen molar-refractivity contribution in [3.05, 3.63) is 42.2 Å². The minimum Gasteiger partial charge on any atom is -0.370 e. The molecule has 3 aliphatic carbocycles. The summed E-state index contributed by atoms with van der Waals surface area (Å²) in [5, 5.41) is 7.54. The second kappa shape index (κ2) is 8.21. The number of amides is 1. The van der Waals surface area contributed by atoms with Crippen LogP contribution in [0.5, 0.6) is 0 Å². The predicted octanol–water partition coefficient (Wildman–Crippen LogP) is 4.97. The average molecular weight is 542 g/mol. The highest BCUT2D eigenvalue weighted by atomic mass is 32.2. The summed E-state index contributed by atoms with van der Waals surface area (Å²) in [6.45, 7) is 1.62. The minimum atomic E-state index is -3.39. The molecule has 1 amide bonds. The Kier molecular flexibility index (Phi) is 5.18. The van der Waals surface area contributed by atoms with Crippen LogP contribution in [0, 0.1) is 5.41 Å². The highest BCUT2D eigenvalue weighted by Gasteiger charge is 2.47. The third-order valence-corrected chi connectivity index (χ3v) is 11.0. The molecule has 3 saturated carbocycles. The number of hydrogen-bond acceptors (Lipinski definition) is 6. The zero-order valence-electron chi connectivity index (χ0n) is 20.9. The maximum atomic E-state index is 13.4. The fraction of sp³-hybridized carbons (Fsp3) is 0.519. The molecule has 2 aromatic heterocycles. The summed E-state index contributed by atoms with van der Waals surface area (Å²) in [4.78, 5) is 20.3. The molecule has 4 aliphatic rings. The molecule has 0 radical (unpaired) electrons. The normalized spacial score (nSPS) is 22.4. The van der Waals surface area contributed by atoms with Gasteiger partial charge in [-0.3, -0.25) is 4.79 Å². The first-order valence-corrected chi connectivity index (χ1v) is 14.8. The number of carbonyl (C=O) groups is 1. The number of aromatic nitrogens is 3. The lowest BCUT2D eigenvalue weighted by Crippen LogP contribution is -2.37. The van der Waals surface area contributed by atoms with Crippen LogP contribution in [0.4, 0.5) is 20.2 Å². The highest BCUT2D eigenvalue weighted by Crippen LogP contribution is 2.54. The SMILES string of the molecule is O=C(Nc1ccc(S(=O)(=O)C2CC2)cc1N1CCC2(CC1)CC2)c1ccc2cnn(C3CC(F)(F)C3)c2n1. The number of carbonyl (C=O) groups excluding carboxylic acids is 1. The first-order chi connectivity index (χ1) is 18.1. The Morgan fingerprint density at radius 3 is 2.42 bits per heavy atom. The Morgan fingerprint density at radius 2 is 1.76 bits per heavy atom. The largest absolute Gasteiger partial charge is 0.370 e. The van der Waals surface area contributed by atoms with E-state index in [0.717, 1.165) is 25.9 Å². The van der Waals surface area contributed by atoms with Gasteiger partial charge in [0.1, 0.15) is 5.69 Å². The van der Waals surface area contributed by atoms with Crippen molar-refractivity contribution in [3.8, 4) is 0 Å². The van der Waals surface area contributed by atoms with E-state index in [0.29, 0.717) is 45.6 Å². The van der Waals surface area contributed by atoms with Crippen LogP contribution in [0.3, 0.4) is 0 Å². The van der Waals surface area contributed by atoms with Crippen LogP contribution >= 0.6 is 0 Å². The van der Waals surface area contributed by atoms with Gasteiger partial charge in [-0.05, 0) is 74.3 Å². The summed E-state index contributed by atoms with van der Waals surface area (Å²) in [5.41, 5.74) is 2.23. The lowest BCUT2D eigenvalue weighted by Gasteiger charge is -2.35. The number of sulfone groups is 1. The molecule has 1 aromatic carbocycles. The third-order valence-electron chi connectivity index (χ3n) is 8.72. The van der Waals surface area contributed by atoms with Gasteiger partial charge < -0.3 is 10.2 Å². The topological polar surface area (TPSA) is 97.2 Å². The van der Waals surface area contributed by atoms with Gasteiger partial charge in [0.05, 0.1) is 33.8 Å². The third kappa shape index (κ3) is 4.15. The van der Waals surface area contributed by atoms with Crippen molar-refractivity contribution in [2.45, 2.75) is 73.5 Å². The van der Waals surface area contributed by atoms with Crippen LogP contribution in [0.1, 0.15) is 67.9 Å². The Bertz CT molecular complexity index is 1540. The molecule has 38 heavy (non-hydrogen) atoms. The molecule has 0 atom stereocenters. The van der Waals surface area contributed by atoms with E-state index in [4.69, 9.17) is 0 Å². The van der Waals surface area contributed by atoms with E-state index in [1.54, 1.807) is 36.5 Å². The zero-order valence-corrected chi connectivity index (χ0v) is 21.7. The predicted molar refractivity (Wildman–Crippen MR) is 138 cm³/mol. The van der Waals surface area contributed by atoms with Crippen molar-refractivity contribution in [2.24, 2.45) is 5.41 Å². The molecule has 1 spiro atoms. The molecular formula is C27H29F2N5O3S. The quantitative estimate of drug-likeness (QED) is 0.473. The van der Waals surface area contributed by atoms with Crippen LogP contribution in [0.15, 0.2) is 41.4 Å². The van der Waals surface area contributed by atoms with E-state index in [2.05, 4.69) is 20.3 Å².